The number of amides is 1. The van der Waals surface area contributed by atoms with Crippen LogP contribution in [0.4, 0.5) is 0 Å². The number of hydrogen-bond donors (Lipinski definition) is 2. The van der Waals surface area contributed by atoms with E-state index < -0.39 is 0 Å². The molecule has 1 amide bonds. The maximum absolute atomic E-state index is 12.2. The van der Waals surface area contributed by atoms with Crippen molar-refractivity contribution in [3.63, 3.8) is 0 Å². The molecular formula is C17H22N2O. The topological polar surface area (TPSA) is 55.1 Å². The summed E-state index contributed by atoms with van der Waals surface area (Å²) in [4.78, 5) is 12.2. The first-order chi connectivity index (χ1) is 9.69. The molecular weight excluding hydrogens is 248 g/mol. The second kappa shape index (κ2) is 7.12. The predicted octanol–water partition coefficient (Wildman–Crippen LogP) is 2.23. The lowest BCUT2D eigenvalue weighted by molar-refractivity contribution is 0.0947. The standard InChI is InChI=1S/C17H22N2O/c1-13-9-15(7-4-8-18)11-16(10-13)17(20)19-12-14-5-2-3-6-14/h9-11,14H,2-3,5-6,8,12,18H2,1H3,(H,19,20). The van der Waals surface area contributed by atoms with Crippen molar-refractivity contribution in [3.05, 3.63) is 34.9 Å². The Labute approximate surface area is 120 Å². The Hall–Kier alpha value is -1.79. The summed E-state index contributed by atoms with van der Waals surface area (Å²) in [6, 6.07) is 5.70. The van der Waals surface area contributed by atoms with Crippen LogP contribution in [-0.4, -0.2) is 19.0 Å². The van der Waals surface area contributed by atoms with Crippen molar-refractivity contribution in [1.29, 1.82) is 0 Å². The van der Waals surface area contributed by atoms with E-state index in [1.165, 1.54) is 25.7 Å². The SMILES string of the molecule is Cc1cc(C#CCN)cc(C(=O)NCC2CCCC2)c1. The highest BCUT2D eigenvalue weighted by Gasteiger charge is 2.16. The van der Waals surface area contributed by atoms with Crippen LogP contribution in [0, 0.1) is 24.7 Å². The molecule has 3 nitrogen and oxygen atoms in total. The minimum Gasteiger partial charge on any atom is -0.352 e. The van der Waals surface area contributed by atoms with Crippen LogP contribution in [0.3, 0.4) is 0 Å². The van der Waals surface area contributed by atoms with E-state index in [1.807, 2.05) is 25.1 Å². The molecule has 1 saturated carbocycles. The summed E-state index contributed by atoms with van der Waals surface area (Å²) in [5.41, 5.74) is 7.95. The van der Waals surface area contributed by atoms with Crippen molar-refractivity contribution < 1.29 is 4.79 Å². The molecule has 3 heteroatoms. The fourth-order valence-electron chi connectivity index (χ4n) is 2.69. The van der Waals surface area contributed by atoms with Gasteiger partial charge < -0.3 is 11.1 Å². The predicted molar refractivity (Wildman–Crippen MR) is 81.4 cm³/mol. The third-order valence-corrected chi connectivity index (χ3v) is 3.70. The second-order valence-corrected chi connectivity index (χ2v) is 5.45. The summed E-state index contributed by atoms with van der Waals surface area (Å²) >= 11 is 0. The normalized spacial score (nSPS) is 14.7. The minimum absolute atomic E-state index is 0.00333. The molecule has 0 heterocycles. The van der Waals surface area contributed by atoms with Crippen LogP contribution in [0.1, 0.15) is 47.2 Å². The molecule has 1 aromatic carbocycles. The number of aryl methyl sites for hydroxylation is 1. The molecule has 0 saturated heterocycles. The molecule has 1 aliphatic carbocycles. The molecule has 0 spiro atoms. The molecule has 1 fully saturated rings. The van der Waals surface area contributed by atoms with Gasteiger partial charge in [0.25, 0.3) is 5.91 Å². The van der Waals surface area contributed by atoms with Gasteiger partial charge in [-0.25, -0.2) is 0 Å². The molecule has 0 aliphatic heterocycles. The lowest BCUT2D eigenvalue weighted by Gasteiger charge is -2.11. The lowest BCUT2D eigenvalue weighted by atomic mass is 10.1. The zero-order chi connectivity index (χ0) is 14.4. The Kier molecular flexibility index (Phi) is 5.20. The van der Waals surface area contributed by atoms with E-state index in [1.54, 1.807) is 0 Å². The first kappa shape index (κ1) is 14.6. The maximum Gasteiger partial charge on any atom is 0.251 e. The van der Waals surface area contributed by atoms with Gasteiger partial charge in [0.05, 0.1) is 6.54 Å². The van der Waals surface area contributed by atoms with Crippen LogP contribution >= 0.6 is 0 Å². The van der Waals surface area contributed by atoms with Gasteiger partial charge in [0.1, 0.15) is 0 Å². The minimum atomic E-state index is -0.00333. The number of nitrogens with one attached hydrogen (secondary N) is 1. The average molecular weight is 270 g/mol. The largest absolute Gasteiger partial charge is 0.352 e. The molecule has 106 valence electrons. The summed E-state index contributed by atoms with van der Waals surface area (Å²) in [6.07, 6.45) is 5.07. The van der Waals surface area contributed by atoms with Gasteiger partial charge in [-0.3, -0.25) is 4.79 Å². The van der Waals surface area contributed by atoms with E-state index in [0.29, 0.717) is 18.0 Å². The van der Waals surface area contributed by atoms with E-state index in [0.717, 1.165) is 17.7 Å². The molecule has 20 heavy (non-hydrogen) atoms. The Morgan fingerprint density at radius 3 is 2.80 bits per heavy atom. The van der Waals surface area contributed by atoms with Crippen LogP contribution in [0.5, 0.6) is 0 Å². The van der Waals surface area contributed by atoms with E-state index >= 15 is 0 Å². The molecule has 2 rings (SSSR count). The lowest BCUT2D eigenvalue weighted by Crippen LogP contribution is -2.28. The number of nitrogens with two attached hydrogens (primary N) is 1. The summed E-state index contributed by atoms with van der Waals surface area (Å²) in [6.45, 7) is 3.09. The van der Waals surface area contributed by atoms with Crippen LogP contribution in [0.25, 0.3) is 0 Å². The first-order valence-electron chi connectivity index (χ1n) is 7.28. The van der Waals surface area contributed by atoms with E-state index in [9.17, 15) is 4.79 Å². The molecule has 1 aliphatic rings. The molecule has 0 radical (unpaired) electrons. The van der Waals surface area contributed by atoms with E-state index in [4.69, 9.17) is 5.73 Å². The zero-order valence-electron chi connectivity index (χ0n) is 12.0. The Balaban J connectivity index is 2.02. The van der Waals surface area contributed by atoms with Crippen LogP contribution < -0.4 is 11.1 Å². The summed E-state index contributed by atoms with van der Waals surface area (Å²) in [5, 5.41) is 3.04. The molecule has 3 N–H and O–H groups in total. The van der Waals surface area contributed by atoms with Crippen molar-refractivity contribution in [3.8, 4) is 11.8 Å². The third-order valence-electron chi connectivity index (χ3n) is 3.70. The van der Waals surface area contributed by atoms with Gasteiger partial charge in [-0.05, 0) is 49.4 Å². The van der Waals surface area contributed by atoms with Gasteiger partial charge in [0.15, 0.2) is 0 Å². The zero-order valence-corrected chi connectivity index (χ0v) is 12.0. The number of carbonyl (C=O) groups is 1. The Bertz CT molecular complexity index is 534. The van der Waals surface area contributed by atoms with Gasteiger partial charge in [0.2, 0.25) is 0 Å². The fraction of sp³-hybridized carbons (Fsp3) is 0.471. The highest BCUT2D eigenvalue weighted by Crippen LogP contribution is 2.23. The third kappa shape index (κ3) is 4.11. The average Bonchev–Trinajstić information content (AvgIpc) is 2.95. The van der Waals surface area contributed by atoms with Gasteiger partial charge >= 0.3 is 0 Å². The summed E-state index contributed by atoms with van der Waals surface area (Å²) in [7, 11) is 0. The van der Waals surface area contributed by atoms with E-state index in [-0.39, 0.29) is 5.91 Å². The van der Waals surface area contributed by atoms with Crippen molar-refractivity contribution >= 4 is 5.91 Å². The molecule has 0 atom stereocenters. The highest BCUT2D eigenvalue weighted by atomic mass is 16.1. The summed E-state index contributed by atoms with van der Waals surface area (Å²) in [5.74, 6) is 6.45. The van der Waals surface area contributed by atoms with Gasteiger partial charge in [-0.15, -0.1) is 0 Å². The van der Waals surface area contributed by atoms with Crippen molar-refractivity contribution in [2.75, 3.05) is 13.1 Å². The van der Waals surface area contributed by atoms with Crippen molar-refractivity contribution in [2.45, 2.75) is 32.6 Å². The molecule has 0 bridgehead atoms. The second-order valence-electron chi connectivity index (χ2n) is 5.45. The first-order valence-corrected chi connectivity index (χ1v) is 7.28. The van der Waals surface area contributed by atoms with E-state index in [2.05, 4.69) is 17.2 Å². The fourth-order valence-corrected chi connectivity index (χ4v) is 2.69. The van der Waals surface area contributed by atoms with Crippen molar-refractivity contribution in [2.24, 2.45) is 11.7 Å². The monoisotopic (exact) mass is 270 g/mol. The molecule has 0 unspecified atom stereocenters. The number of benzene rings is 1. The highest BCUT2D eigenvalue weighted by molar-refractivity contribution is 5.94. The number of hydrogen-bond acceptors (Lipinski definition) is 2. The van der Waals surface area contributed by atoms with Gasteiger partial charge in [-0.2, -0.15) is 0 Å². The van der Waals surface area contributed by atoms with Crippen molar-refractivity contribution in [1.82, 2.24) is 5.32 Å². The van der Waals surface area contributed by atoms with Crippen LogP contribution in [0.2, 0.25) is 0 Å². The number of carbonyl (C=O) groups excluding carboxylic acids is 1. The Morgan fingerprint density at radius 2 is 2.10 bits per heavy atom. The molecule has 0 aromatic heterocycles. The van der Waals surface area contributed by atoms with Gasteiger partial charge in [0, 0.05) is 17.7 Å². The van der Waals surface area contributed by atoms with Gasteiger partial charge in [-0.1, -0.05) is 24.7 Å². The Morgan fingerprint density at radius 1 is 1.35 bits per heavy atom. The maximum atomic E-state index is 12.2. The summed E-state index contributed by atoms with van der Waals surface area (Å²) < 4.78 is 0. The van der Waals surface area contributed by atoms with Crippen LogP contribution in [0.15, 0.2) is 18.2 Å². The number of rotatable bonds is 3. The quantitative estimate of drug-likeness (QED) is 0.828. The molecule has 1 aromatic rings. The van der Waals surface area contributed by atoms with Crippen LogP contribution in [-0.2, 0) is 0 Å². The smallest absolute Gasteiger partial charge is 0.251 e.